The number of allylic oxidation sites excluding steroid dienone is 2. The largest absolute Gasteiger partial charge is 0.486 e. The molecule has 1 saturated carbocycles. The summed E-state index contributed by atoms with van der Waals surface area (Å²) in [4.78, 5) is 13.5. The Kier molecular flexibility index (Phi) is 5.63. The highest BCUT2D eigenvalue weighted by molar-refractivity contribution is 6.05. The first-order chi connectivity index (χ1) is 16.1. The highest BCUT2D eigenvalue weighted by Crippen LogP contribution is 2.51. The molecule has 1 aliphatic heterocycles. The summed E-state index contributed by atoms with van der Waals surface area (Å²) in [5, 5.41) is 11.5. The van der Waals surface area contributed by atoms with E-state index < -0.39 is 23.4 Å². The quantitative estimate of drug-likeness (QED) is 0.508. The molecule has 0 bridgehead atoms. The number of carbonyl (C=O) groups excluding carboxylic acids is 1. The van der Waals surface area contributed by atoms with Gasteiger partial charge in [-0.05, 0) is 90.5 Å². The molecule has 3 aliphatic rings. The van der Waals surface area contributed by atoms with E-state index in [1.54, 1.807) is 0 Å². The fourth-order valence-corrected chi connectivity index (χ4v) is 5.58. The number of rotatable bonds is 4. The lowest BCUT2D eigenvalue weighted by Gasteiger charge is -2.45. The van der Waals surface area contributed by atoms with Gasteiger partial charge >= 0.3 is 6.18 Å². The van der Waals surface area contributed by atoms with Gasteiger partial charge in [0.1, 0.15) is 17.5 Å². The number of carbonyl (C=O) groups is 1. The van der Waals surface area contributed by atoms with Crippen LogP contribution in [0, 0.1) is 0 Å². The van der Waals surface area contributed by atoms with Gasteiger partial charge in [0.2, 0.25) is 0 Å². The van der Waals surface area contributed by atoms with Crippen LogP contribution in [-0.4, -0.2) is 16.5 Å². The Morgan fingerprint density at radius 1 is 1.06 bits per heavy atom. The van der Waals surface area contributed by atoms with Crippen molar-refractivity contribution in [1.82, 2.24) is 0 Å². The van der Waals surface area contributed by atoms with Crippen molar-refractivity contribution in [3.05, 3.63) is 69.8 Å². The van der Waals surface area contributed by atoms with E-state index in [0.29, 0.717) is 28.9 Å². The van der Waals surface area contributed by atoms with Crippen LogP contribution < -0.4 is 4.74 Å². The van der Waals surface area contributed by atoms with Crippen LogP contribution in [0.5, 0.6) is 5.75 Å². The molecule has 3 nitrogen and oxygen atoms in total. The van der Waals surface area contributed by atoms with Gasteiger partial charge in [-0.15, -0.1) is 0 Å². The Morgan fingerprint density at radius 3 is 2.29 bits per heavy atom. The summed E-state index contributed by atoms with van der Waals surface area (Å²) in [5.41, 5.74) is 2.94. The molecule has 0 amide bonds. The molecule has 5 rings (SSSR count). The Morgan fingerprint density at radius 2 is 1.76 bits per heavy atom. The fourth-order valence-electron chi connectivity index (χ4n) is 5.58. The number of benzene rings is 2. The Balaban J connectivity index is 1.70. The summed E-state index contributed by atoms with van der Waals surface area (Å²) in [6.45, 7) is 4.03. The molecule has 0 aromatic heterocycles. The fraction of sp³-hybridized carbons (Fsp3) is 0.464. The average Bonchev–Trinajstić information content (AvgIpc) is 3.30. The maximum Gasteiger partial charge on any atom is 0.416 e. The topological polar surface area (TPSA) is 46.5 Å². The Labute approximate surface area is 197 Å². The van der Waals surface area contributed by atoms with Crippen LogP contribution in [0.15, 0.2) is 36.4 Å². The molecule has 2 aliphatic carbocycles. The summed E-state index contributed by atoms with van der Waals surface area (Å²) >= 11 is 0. The number of alkyl halides is 3. The standard InChI is InChI=1S/C28H29F3O3/c1-16(2)20-14-22-25(21(32)15-27(34-22)12-5-13-27)23(17-6-3-4-7-17)24(20)26(33)18-8-10-19(11-9-18)28(29,30)31/h6,8-11,14,16,26,33H,3-5,7,12-13,15H2,1-2H3. The average molecular weight is 471 g/mol. The number of hydrogen-bond acceptors (Lipinski definition) is 3. The number of fused-ring (bicyclic) bond motifs is 1. The number of hydrogen-bond donors (Lipinski definition) is 1. The normalized spacial score (nSPS) is 20.1. The van der Waals surface area contributed by atoms with Crippen molar-refractivity contribution >= 4 is 11.4 Å². The predicted molar refractivity (Wildman–Crippen MR) is 124 cm³/mol. The molecule has 0 radical (unpaired) electrons. The van der Waals surface area contributed by atoms with E-state index in [9.17, 15) is 23.1 Å². The number of ether oxygens (including phenoxy) is 1. The molecule has 1 heterocycles. The molecule has 2 aromatic carbocycles. The third kappa shape index (κ3) is 3.86. The lowest BCUT2D eigenvalue weighted by atomic mass is 9.72. The zero-order chi connectivity index (χ0) is 24.3. The lowest BCUT2D eigenvalue weighted by molar-refractivity contribution is -0.137. The first-order valence-electron chi connectivity index (χ1n) is 12.1. The second kappa shape index (κ2) is 8.26. The number of aliphatic hydroxyl groups excluding tert-OH is 1. The third-order valence-corrected chi connectivity index (χ3v) is 7.53. The van der Waals surface area contributed by atoms with E-state index in [-0.39, 0.29) is 11.7 Å². The smallest absolute Gasteiger partial charge is 0.416 e. The Hall–Kier alpha value is -2.60. The molecule has 1 spiro atoms. The Bertz CT molecular complexity index is 1150. The molecule has 6 heteroatoms. The maximum atomic E-state index is 13.5. The highest BCUT2D eigenvalue weighted by Gasteiger charge is 2.47. The first-order valence-corrected chi connectivity index (χ1v) is 12.1. The second-order valence-corrected chi connectivity index (χ2v) is 10.2. The monoisotopic (exact) mass is 470 g/mol. The number of ketones is 1. The van der Waals surface area contributed by atoms with Gasteiger partial charge in [0.05, 0.1) is 17.5 Å². The van der Waals surface area contributed by atoms with Gasteiger partial charge in [0.25, 0.3) is 0 Å². The molecule has 1 fully saturated rings. The minimum absolute atomic E-state index is 0.0168. The van der Waals surface area contributed by atoms with Gasteiger partial charge in [-0.25, -0.2) is 0 Å². The van der Waals surface area contributed by atoms with Crippen molar-refractivity contribution < 1.29 is 27.8 Å². The minimum Gasteiger partial charge on any atom is -0.486 e. The van der Waals surface area contributed by atoms with Crippen molar-refractivity contribution in [2.45, 2.75) is 82.6 Å². The number of aliphatic hydroxyl groups is 1. The molecule has 2 aromatic rings. The molecule has 1 N–H and O–H groups in total. The van der Waals surface area contributed by atoms with Crippen LogP contribution in [0.1, 0.15) is 109 Å². The van der Waals surface area contributed by atoms with Crippen molar-refractivity contribution in [3.63, 3.8) is 0 Å². The molecule has 180 valence electrons. The SMILES string of the molecule is CC(C)c1cc2c(c(C3=CCCC3)c1C(O)c1ccc(C(F)(F)F)cc1)C(=O)CC1(CCC1)O2. The third-order valence-electron chi connectivity index (χ3n) is 7.53. The van der Waals surface area contributed by atoms with E-state index in [2.05, 4.69) is 6.08 Å². The van der Waals surface area contributed by atoms with Crippen LogP contribution >= 0.6 is 0 Å². The lowest BCUT2D eigenvalue weighted by Crippen LogP contribution is -2.48. The van der Waals surface area contributed by atoms with E-state index in [1.807, 2.05) is 19.9 Å². The summed E-state index contributed by atoms with van der Waals surface area (Å²) in [5.74, 6) is 0.633. The van der Waals surface area contributed by atoms with Crippen LogP contribution in [0.25, 0.3) is 5.57 Å². The molecule has 1 unspecified atom stereocenters. The van der Waals surface area contributed by atoms with Crippen molar-refractivity contribution in [2.24, 2.45) is 0 Å². The predicted octanol–water partition coefficient (Wildman–Crippen LogP) is 7.37. The van der Waals surface area contributed by atoms with Gasteiger partial charge in [-0.2, -0.15) is 13.2 Å². The van der Waals surface area contributed by atoms with Crippen LogP contribution in [0.3, 0.4) is 0 Å². The maximum absolute atomic E-state index is 13.5. The zero-order valence-electron chi connectivity index (χ0n) is 19.5. The van der Waals surface area contributed by atoms with E-state index in [1.165, 1.54) is 12.1 Å². The summed E-state index contributed by atoms with van der Waals surface area (Å²) in [6.07, 6.45) is 2.26. The van der Waals surface area contributed by atoms with Gasteiger partial charge < -0.3 is 9.84 Å². The molecular weight excluding hydrogens is 441 g/mol. The van der Waals surface area contributed by atoms with Crippen LogP contribution in [0.4, 0.5) is 13.2 Å². The van der Waals surface area contributed by atoms with Crippen LogP contribution in [-0.2, 0) is 6.18 Å². The van der Waals surface area contributed by atoms with Gasteiger partial charge in [-0.3, -0.25) is 4.79 Å². The van der Waals surface area contributed by atoms with E-state index >= 15 is 0 Å². The summed E-state index contributed by atoms with van der Waals surface area (Å²) in [7, 11) is 0. The summed E-state index contributed by atoms with van der Waals surface area (Å²) in [6, 6.07) is 6.53. The van der Waals surface area contributed by atoms with E-state index in [4.69, 9.17) is 4.74 Å². The minimum atomic E-state index is -4.44. The number of Topliss-reactive ketones (excluding diaryl/α,β-unsaturated/α-hetero) is 1. The second-order valence-electron chi connectivity index (χ2n) is 10.2. The first kappa shape index (κ1) is 23.2. The van der Waals surface area contributed by atoms with Crippen molar-refractivity contribution in [1.29, 1.82) is 0 Å². The molecule has 0 saturated heterocycles. The molecular formula is C28H29F3O3. The molecule has 34 heavy (non-hydrogen) atoms. The van der Waals surface area contributed by atoms with Crippen LogP contribution in [0.2, 0.25) is 0 Å². The molecule has 1 atom stereocenters. The summed E-state index contributed by atoms with van der Waals surface area (Å²) < 4.78 is 45.7. The zero-order valence-corrected chi connectivity index (χ0v) is 19.5. The van der Waals surface area contributed by atoms with Crippen molar-refractivity contribution in [2.75, 3.05) is 0 Å². The van der Waals surface area contributed by atoms with Gasteiger partial charge in [0, 0.05) is 0 Å². The van der Waals surface area contributed by atoms with E-state index in [0.717, 1.165) is 67.4 Å². The number of halogens is 3. The highest BCUT2D eigenvalue weighted by atomic mass is 19.4. The van der Waals surface area contributed by atoms with Crippen molar-refractivity contribution in [3.8, 4) is 5.75 Å². The van der Waals surface area contributed by atoms with Gasteiger partial charge in [-0.1, -0.05) is 32.1 Å². The van der Waals surface area contributed by atoms with Gasteiger partial charge in [0.15, 0.2) is 5.78 Å².